The van der Waals surface area contributed by atoms with E-state index in [4.69, 9.17) is 9.47 Å². The van der Waals surface area contributed by atoms with E-state index < -0.39 is 5.82 Å². The number of halogens is 1. The number of hydrogen-bond donors (Lipinski definition) is 0. The predicted molar refractivity (Wildman–Crippen MR) is 126 cm³/mol. The van der Waals surface area contributed by atoms with Crippen LogP contribution in [0.3, 0.4) is 0 Å². The minimum Gasteiger partial charge on any atom is -0.454 e. The molecule has 1 aliphatic rings. The zero-order chi connectivity index (χ0) is 24.1. The smallest absolute Gasteiger partial charge is 0.410 e. The predicted octanol–water partition coefficient (Wildman–Crippen LogP) is 5.43. The summed E-state index contributed by atoms with van der Waals surface area (Å²) in [5, 5.41) is 9.37. The quantitative estimate of drug-likeness (QED) is 0.446. The first-order chi connectivity index (χ1) is 16.5. The third-order valence-corrected chi connectivity index (χ3v) is 5.74. The molecule has 1 aromatic heterocycles. The Kier molecular flexibility index (Phi) is 6.93. The zero-order valence-corrected chi connectivity index (χ0v) is 19.1. The second-order valence-corrected chi connectivity index (χ2v) is 7.81. The molecule has 0 N–H and O–H groups in total. The summed E-state index contributed by atoms with van der Waals surface area (Å²) in [4.78, 5) is 19.5. The van der Waals surface area contributed by atoms with Gasteiger partial charge in [0.25, 0.3) is 0 Å². The largest absolute Gasteiger partial charge is 0.454 e. The lowest BCUT2D eigenvalue weighted by atomic mass is 10.1. The number of ether oxygens (including phenoxy) is 2. The van der Waals surface area contributed by atoms with Gasteiger partial charge in [-0.2, -0.15) is 5.26 Å². The molecule has 4 rings (SSSR count). The van der Waals surface area contributed by atoms with Gasteiger partial charge in [-0.1, -0.05) is 12.1 Å². The molecule has 8 heteroatoms. The third kappa shape index (κ3) is 4.79. The van der Waals surface area contributed by atoms with Crippen LogP contribution in [-0.2, 0) is 11.2 Å². The average molecular weight is 461 g/mol. The minimum absolute atomic E-state index is 0.0106. The molecule has 0 aliphatic carbocycles. The van der Waals surface area contributed by atoms with Gasteiger partial charge >= 0.3 is 6.09 Å². The normalized spacial score (nSPS) is 15.1. The highest BCUT2D eigenvalue weighted by Gasteiger charge is 2.31. The van der Waals surface area contributed by atoms with Gasteiger partial charge in [0.1, 0.15) is 18.4 Å². The van der Waals surface area contributed by atoms with Crippen LogP contribution in [0.15, 0.2) is 60.8 Å². The van der Waals surface area contributed by atoms with Crippen molar-refractivity contribution in [1.82, 2.24) is 9.88 Å². The maximum atomic E-state index is 14.9. The summed E-state index contributed by atoms with van der Waals surface area (Å²) in [6.45, 7) is 5.33. The minimum atomic E-state index is -0.519. The molecule has 1 fully saturated rings. The third-order valence-electron chi connectivity index (χ3n) is 5.74. The molecule has 1 aliphatic heterocycles. The van der Waals surface area contributed by atoms with Crippen molar-refractivity contribution in [1.29, 1.82) is 5.26 Å². The Bertz CT molecular complexity index is 1210. The van der Waals surface area contributed by atoms with Crippen LogP contribution in [0.4, 0.5) is 20.7 Å². The number of carbonyl (C=O) groups excluding carboxylic acids is 1. The van der Waals surface area contributed by atoms with E-state index >= 15 is 0 Å². The maximum absolute atomic E-state index is 14.9. The first kappa shape index (κ1) is 23.1. The number of nitriles is 1. The van der Waals surface area contributed by atoms with Gasteiger partial charge in [-0.3, -0.25) is 0 Å². The fourth-order valence-corrected chi connectivity index (χ4v) is 4.03. The topological polar surface area (TPSA) is 78.7 Å². The highest BCUT2D eigenvalue weighted by atomic mass is 19.1. The van der Waals surface area contributed by atoms with Crippen LogP contribution >= 0.6 is 0 Å². The van der Waals surface area contributed by atoms with Gasteiger partial charge < -0.3 is 19.3 Å². The Morgan fingerprint density at radius 3 is 2.71 bits per heavy atom. The van der Waals surface area contributed by atoms with Crippen molar-refractivity contribution in [2.45, 2.75) is 26.3 Å². The van der Waals surface area contributed by atoms with Crippen LogP contribution in [0.25, 0.3) is 0 Å². The van der Waals surface area contributed by atoms with Gasteiger partial charge in [-0.15, -0.1) is 0 Å². The van der Waals surface area contributed by atoms with E-state index in [1.807, 2.05) is 26.0 Å². The first-order valence-corrected chi connectivity index (χ1v) is 11.2. The summed E-state index contributed by atoms with van der Waals surface area (Å²) in [6, 6.07) is 17.6. The Labute approximate surface area is 198 Å². The molecule has 7 nitrogen and oxygen atoms in total. The first-order valence-electron chi connectivity index (χ1n) is 11.2. The molecule has 0 unspecified atom stereocenters. The molecule has 34 heavy (non-hydrogen) atoms. The summed E-state index contributed by atoms with van der Waals surface area (Å²) >= 11 is 0. The van der Waals surface area contributed by atoms with E-state index in [0.717, 1.165) is 5.56 Å². The standard InChI is InChI=1S/C26H25FN4O3/c1-3-30(25-19(16-28)6-5-13-29-25)20-9-12-24(23(27)15-20)34-22-10-7-18(8-11-22)14-21-17-33-26(32)31(21)4-2/h5-13,15,21H,3-4,14,17H2,1-2H3/t21-/m0/s1. The van der Waals surface area contributed by atoms with E-state index in [-0.39, 0.29) is 17.9 Å². The number of pyridine rings is 1. The van der Waals surface area contributed by atoms with Crippen LogP contribution < -0.4 is 9.64 Å². The van der Waals surface area contributed by atoms with Crippen molar-refractivity contribution < 1.29 is 18.7 Å². The number of cyclic esters (lactones) is 1. The second-order valence-electron chi connectivity index (χ2n) is 7.81. The fraction of sp³-hybridized carbons (Fsp3) is 0.269. The van der Waals surface area contributed by atoms with Gasteiger partial charge in [0.15, 0.2) is 17.4 Å². The van der Waals surface area contributed by atoms with E-state index in [1.54, 1.807) is 52.4 Å². The van der Waals surface area contributed by atoms with Crippen molar-refractivity contribution in [2.24, 2.45) is 0 Å². The van der Waals surface area contributed by atoms with E-state index in [2.05, 4.69) is 11.1 Å². The molecule has 0 radical (unpaired) electrons. The number of hydrogen-bond acceptors (Lipinski definition) is 6. The number of aromatic nitrogens is 1. The van der Waals surface area contributed by atoms with Crippen molar-refractivity contribution >= 4 is 17.6 Å². The highest BCUT2D eigenvalue weighted by Crippen LogP contribution is 2.32. The van der Waals surface area contributed by atoms with Crippen LogP contribution in [0.1, 0.15) is 25.0 Å². The SMILES string of the molecule is CCN(c1ccc(Oc2ccc(C[C@H]3COC(=O)N3CC)cc2)c(F)c1)c1ncccc1C#N. The Balaban J connectivity index is 1.46. The van der Waals surface area contributed by atoms with Crippen LogP contribution in [0.5, 0.6) is 11.5 Å². The summed E-state index contributed by atoms with van der Waals surface area (Å²) in [7, 11) is 0. The van der Waals surface area contributed by atoms with Crippen LogP contribution in [0.2, 0.25) is 0 Å². The highest BCUT2D eigenvalue weighted by molar-refractivity contribution is 5.70. The molecular formula is C26H25FN4O3. The van der Waals surface area contributed by atoms with Crippen molar-refractivity contribution in [3.05, 3.63) is 77.7 Å². The van der Waals surface area contributed by atoms with Crippen molar-refractivity contribution in [3.8, 4) is 17.6 Å². The van der Waals surface area contributed by atoms with Gasteiger partial charge in [0.05, 0.1) is 11.6 Å². The molecule has 3 aromatic rings. The summed E-state index contributed by atoms with van der Waals surface area (Å²) < 4.78 is 25.8. The molecule has 1 atom stereocenters. The summed E-state index contributed by atoms with van der Waals surface area (Å²) in [5.74, 6) is 0.563. The van der Waals surface area contributed by atoms with Crippen LogP contribution in [0, 0.1) is 17.1 Å². The molecule has 2 heterocycles. The van der Waals surface area contributed by atoms with Gasteiger partial charge in [0.2, 0.25) is 0 Å². The molecule has 1 amide bonds. The van der Waals surface area contributed by atoms with E-state index in [1.165, 1.54) is 6.07 Å². The van der Waals surface area contributed by atoms with E-state index in [9.17, 15) is 14.4 Å². The van der Waals surface area contributed by atoms with Gasteiger partial charge in [0, 0.05) is 31.0 Å². The van der Waals surface area contributed by atoms with Gasteiger partial charge in [-0.05, 0) is 62.2 Å². The summed E-state index contributed by atoms with van der Waals surface area (Å²) in [5.41, 5.74) is 2.03. The maximum Gasteiger partial charge on any atom is 0.410 e. The van der Waals surface area contributed by atoms with Crippen molar-refractivity contribution in [2.75, 3.05) is 24.6 Å². The Morgan fingerprint density at radius 1 is 1.24 bits per heavy atom. The molecular weight excluding hydrogens is 435 g/mol. The molecule has 1 saturated heterocycles. The molecule has 0 saturated carbocycles. The Hall–Kier alpha value is -4.12. The lowest BCUT2D eigenvalue weighted by molar-refractivity contribution is 0.159. The molecule has 0 spiro atoms. The molecule has 174 valence electrons. The fourth-order valence-electron chi connectivity index (χ4n) is 4.03. The lowest BCUT2D eigenvalue weighted by Crippen LogP contribution is -2.34. The zero-order valence-electron chi connectivity index (χ0n) is 19.1. The number of anilines is 2. The number of nitrogens with zero attached hydrogens (tertiary/aromatic N) is 4. The summed E-state index contributed by atoms with van der Waals surface area (Å²) in [6.07, 6.45) is 2.00. The average Bonchev–Trinajstić information content (AvgIpc) is 3.21. The van der Waals surface area contributed by atoms with Crippen molar-refractivity contribution in [3.63, 3.8) is 0 Å². The monoisotopic (exact) mass is 460 g/mol. The number of amides is 1. The van der Waals surface area contributed by atoms with Crippen LogP contribution in [-0.4, -0.2) is 41.7 Å². The second kappa shape index (κ2) is 10.2. The Morgan fingerprint density at radius 2 is 2.03 bits per heavy atom. The molecule has 0 bridgehead atoms. The lowest BCUT2D eigenvalue weighted by Gasteiger charge is -2.23. The number of carbonyl (C=O) groups is 1. The number of rotatable bonds is 8. The van der Waals surface area contributed by atoms with E-state index in [0.29, 0.717) is 48.9 Å². The number of benzene rings is 2. The number of likely N-dealkylation sites (N-methyl/N-ethyl adjacent to an activating group) is 1. The molecule has 2 aromatic carbocycles. The van der Waals surface area contributed by atoms with Gasteiger partial charge in [-0.25, -0.2) is 14.2 Å².